The Kier molecular flexibility index (Phi) is 34.4. The van der Waals surface area contributed by atoms with Crippen LogP contribution in [0.1, 0.15) is 142 Å². The van der Waals surface area contributed by atoms with E-state index in [-0.39, 0.29) is 26.1 Å². The number of esters is 2. The van der Waals surface area contributed by atoms with Crippen LogP contribution in [0.15, 0.2) is 72.9 Å². The molecule has 0 fully saturated rings. The van der Waals surface area contributed by atoms with Gasteiger partial charge in [0, 0.05) is 12.8 Å². The van der Waals surface area contributed by atoms with Gasteiger partial charge in [-0.05, 0) is 70.6 Å². The molecule has 0 aromatic carbocycles. The SMILES string of the molecule is CCCCC/C=C/C/C=C/C/C=C/C/C=C/CCCC(=O)OCC(COP(=O)(O)OCC[N+](C)(C)C)OC(=O)CC/C=C/C/C=C/CCCCCCCC. The first-order chi connectivity index (χ1) is 26.0. The molecule has 0 spiro atoms. The summed E-state index contributed by atoms with van der Waals surface area (Å²) >= 11 is 0. The van der Waals surface area contributed by atoms with E-state index in [1.165, 1.54) is 64.2 Å². The van der Waals surface area contributed by atoms with Crippen molar-refractivity contribution in [3.63, 3.8) is 0 Å². The number of carbonyl (C=O) groups is 2. The summed E-state index contributed by atoms with van der Waals surface area (Å²) < 4.78 is 34.1. The molecule has 54 heavy (non-hydrogen) atoms. The number of hydrogen-bond acceptors (Lipinski definition) is 7. The van der Waals surface area contributed by atoms with Crippen molar-refractivity contribution in [2.45, 2.75) is 148 Å². The Morgan fingerprint density at radius 2 is 1.04 bits per heavy atom. The molecule has 2 unspecified atom stereocenters. The van der Waals surface area contributed by atoms with Crippen LogP contribution in [0.2, 0.25) is 0 Å². The first-order valence-corrected chi connectivity index (χ1v) is 22.2. The van der Waals surface area contributed by atoms with E-state index in [9.17, 15) is 19.0 Å². The fourth-order valence-electron chi connectivity index (χ4n) is 4.94. The van der Waals surface area contributed by atoms with Crippen molar-refractivity contribution in [2.75, 3.05) is 47.5 Å². The van der Waals surface area contributed by atoms with Gasteiger partial charge in [-0.25, -0.2) is 4.57 Å². The molecule has 0 aliphatic carbocycles. The third-order valence-electron chi connectivity index (χ3n) is 8.22. The average molecular weight is 779 g/mol. The molecular formula is C44H77NO8P+. The van der Waals surface area contributed by atoms with Crippen LogP contribution in [0, 0.1) is 0 Å². The van der Waals surface area contributed by atoms with E-state index < -0.39 is 32.5 Å². The molecule has 2 atom stereocenters. The highest BCUT2D eigenvalue weighted by Crippen LogP contribution is 2.43. The lowest BCUT2D eigenvalue weighted by Crippen LogP contribution is -2.37. The Labute approximate surface area is 329 Å². The Bertz CT molecular complexity index is 1150. The third-order valence-corrected chi connectivity index (χ3v) is 9.21. The highest BCUT2D eigenvalue weighted by molar-refractivity contribution is 7.47. The second-order valence-corrected chi connectivity index (χ2v) is 16.1. The monoisotopic (exact) mass is 779 g/mol. The average Bonchev–Trinajstić information content (AvgIpc) is 3.12. The van der Waals surface area contributed by atoms with E-state index in [4.69, 9.17) is 18.5 Å². The number of hydrogen-bond donors (Lipinski definition) is 1. The van der Waals surface area contributed by atoms with Crippen molar-refractivity contribution in [2.24, 2.45) is 0 Å². The fourth-order valence-corrected chi connectivity index (χ4v) is 5.68. The third kappa shape index (κ3) is 39.2. The molecule has 0 aromatic rings. The van der Waals surface area contributed by atoms with E-state index >= 15 is 0 Å². The standard InChI is InChI=1S/C44H76NO8P/c1-6-8-10-12-14-16-18-20-21-22-23-25-26-28-30-32-34-36-43(46)50-40-42(41-52-54(48,49)51-39-38-45(3,4)5)53-44(47)37-35-33-31-29-27-24-19-17-15-13-11-9-7-2/h14,16,20-21,23-25,27-28,30-31,33,42H,6-13,15,17-19,22,26,29,32,34-41H2,1-5H3/p+1/b16-14+,21-20+,25-23+,27-24+,30-28+,33-31+. The highest BCUT2D eigenvalue weighted by Gasteiger charge is 2.27. The van der Waals surface area contributed by atoms with Crippen LogP contribution in [0.3, 0.4) is 0 Å². The molecule has 0 aliphatic rings. The van der Waals surface area contributed by atoms with Gasteiger partial charge < -0.3 is 18.9 Å². The molecule has 9 nitrogen and oxygen atoms in total. The van der Waals surface area contributed by atoms with Gasteiger partial charge in [0.1, 0.15) is 19.8 Å². The molecule has 0 saturated carbocycles. The van der Waals surface area contributed by atoms with E-state index in [2.05, 4.69) is 68.5 Å². The maximum absolute atomic E-state index is 12.6. The Hall–Kier alpha value is -2.55. The second kappa shape index (κ2) is 36.1. The number of ether oxygens (including phenoxy) is 2. The number of quaternary nitrogens is 1. The number of unbranched alkanes of at least 4 members (excludes halogenated alkanes) is 10. The summed E-state index contributed by atoms with van der Waals surface area (Å²) in [5.41, 5.74) is 0. The molecular weight excluding hydrogens is 701 g/mol. The molecule has 0 amide bonds. The number of carbonyl (C=O) groups excluding carboxylic acids is 2. The second-order valence-electron chi connectivity index (χ2n) is 14.7. The van der Waals surface area contributed by atoms with Gasteiger partial charge in [-0.1, -0.05) is 132 Å². The van der Waals surface area contributed by atoms with Gasteiger partial charge in [0.15, 0.2) is 6.10 Å². The predicted octanol–water partition coefficient (Wildman–Crippen LogP) is 11.5. The Morgan fingerprint density at radius 3 is 1.59 bits per heavy atom. The van der Waals surface area contributed by atoms with Gasteiger partial charge in [0.05, 0.1) is 27.7 Å². The van der Waals surface area contributed by atoms with Gasteiger partial charge in [-0.15, -0.1) is 0 Å². The maximum atomic E-state index is 12.6. The molecule has 0 saturated heterocycles. The Balaban J connectivity index is 4.58. The summed E-state index contributed by atoms with van der Waals surface area (Å²) in [4.78, 5) is 35.2. The van der Waals surface area contributed by atoms with Crippen molar-refractivity contribution in [1.29, 1.82) is 0 Å². The summed E-state index contributed by atoms with van der Waals surface area (Å²) in [6.07, 6.45) is 44.0. The molecule has 310 valence electrons. The molecule has 0 bridgehead atoms. The van der Waals surface area contributed by atoms with E-state index in [1.54, 1.807) is 0 Å². The fraction of sp³-hybridized carbons (Fsp3) is 0.682. The summed E-state index contributed by atoms with van der Waals surface area (Å²) in [5.74, 6) is -0.951. The highest BCUT2D eigenvalue weighted by atomic mass is 31.2. The Morgan fingerprint density at radius 1 is 0.574 bits per heavy atom. The zero-order valence-electron chi connectivity index (χ0n) is 34.7. The minimum absolute atomic E-state index is 0.0106. The minimum Gasteiger partial charge on any atom is -0.462 e. The molecule has 0 rings (SSSR count). The number of phosphoric acid groups is 1. The molecule has 0 aliphatic heterocycles. The molecule has 0 aromatic heterocycles. The first-order valence-electron chi connectivity index (χ1n) is 20.7. The van der Waals surface area contributed by atoms with Gasteiger partial charge in [-0.3, -0.25) is 18.6 Å². The zero-order chi connectivity index (χ0) is 40.0. The summed E-state index contributed by atoms with van der Waals surface area (Å²) in [6.45, 7) is 4.22. The minimum atomic E-state index is -4.40. The predicted molar refractivity (Wildman–Crippen MR) is 224 cm³/mol. The summed E-state index contributed by atoms with van der Waals surface area (Å²) in [5, 5.41) is 0. The molecule has 1 N–H and O–H groups in total. The van der Waals surface area contributed by atoms with E-state index in [0.717, 1.165) is 38.5 Å². The molecule has 10 heteroatoms. The van der Waals surface area contributed by atoms with Crippen LogP contribution >= 0.6 is 7.82 Å². The van der Waals surface area contributed by atoms with Crippen LogP contribution < -0.4 is 0 Å². The van der Waals surface area contributed by atoms with Crippen molar-refractivity contribution >= 4 is 19.8 Å². The number of rotatable bonds is 36. The van der Waals surface area contributed by atoms with Crippen molar-refractivity contribution < 1.29 is 42.1 Å². The lowest BCUT2D eigenvalue weighted by molar-refractivity contribution is -0.870. The zero-order valence-corrected chi connectivity index (χ0v) is 35.6. The van der Waals surface area contributed by atoms with E-state index in [1.807, 2.05) is 39.4 Å². The van der Waals surface area contributed by atoms with Gasteiger partial charge in [0.25, 0.3) is 0 Å². The smallest absolute Gasteiger partial charge is 0.462 e. The van der Waals surface area contributed by atoms with Crippen LogP contribution in [-0.4, -0.2) is 74.9 Å². The van der Waals surface area contributed by atoms with Gasteiger partial charge in [-0.2, -0.15) is 0 Å². The quantitative estimate of drug-likeness (QED) is 0.0220. The summed E-state index contributed by atoms with van der Waals surface area (Å²) in [7, 11) is 1.40. The molecule has 0 radical (unpaired) electrons. The topological polar surface area (TPSA) is 108 Å². The summed E-state index contributed by atoms with van der Waals surface area (Å²) in [6, 6.07) is 0. The van der Waals surface area contributed by atoms with Crippen LogP contribution in [0.25, 0.3) is 0 Å². The normalized spacial score (nSPS) is 14.4. The number of likely N-dealkylation sites (N-methyl/N-ethyl adjacent to an activating group) is 1. The lowest BCUT2D eigenvalue weighted by Gasteiger charge is -2.24. The largest absolute Gasteiger partial charge is 0.472 e. The van der Waals surface area contributed by atoms with Crippen molar-refractivity contribution in [3.05, 3.63) is 72.9 Å². The van der Waals surface area contributed by atoms with Crippen LogP contribution in [0.5, 0.6) is 0 Å². The van der Waals surface area contributed by atoms with Crippen LogP contribution in [-0.2, 0) is 32.7 Å². The number of nitrogens with zero attached hydrogens (tertiary/aromatic N) is 1. The van der Waals surface area contributed by atoms with E-state index in [0.29, 0.717) is 23.9 Å². The lowest BCUT2D eigenvalue weighted by atomic mass is 10.1. The number of allylic oxidation sites excluding steroid dienone is 12. The maximum Gasteiger partial charge on any atom is 0.472 e. The van der Waals surface area contributed by atoms with Crippen molar-refractivity contribution in [1.82, 2.24) is 0 Å². The van der Waals surface area contributed by atoms with Gasteiger partial charge >= 0.3 is 19.8 Å². The van der Waals surface area contributed by atoms with Crippen LogP contribution in [0.4, 0.5) is 0 Å². The first kappa shape index (κ1) is 51.5. The number of phosphoric ester groups is 1. The molecule has 0 heterocycles. The van der Waals surface area contributed by atoms with Gasteiger partial charge in [0.2, 0.25) is 0 Å². The van der Waals surface area contributed by atoms with Crippen molar-refractivity contribution in [3.8, 4) is 0 Å².